The van der Waals surface area contributed by atoms with E-state index in [1.165, 1.54) is 0 Å². The van der Waals surface area contributed by atoms with Gasteiger partial charge in [-0.15, -0.1) is 0 Å². The van der Waals surface area contributed by atoms with E-state index in [0.717, 1.165) is 23.6 Å². The molecule has 1 aliphatic heterocycles. The molecule has 0 spiro atoms. The highest BCUT2D eigenvalue weighted by Crippen LogP contribution is 2.24. The van der Waals surface area contributed by atoms with Crippen LogP contribution in [0, 0.1) is 6.92 Å². The zero-order valence-electron chi connectivity index (χ0n) is 12.1. The third-order valence-electron chi connectivity index (χ3n) is 3.56. The van der Waals surface area contributed by atoms with Crippen LogP contribution in [0.25, 0.3) is 0 Å². The molecule has 1 unspecified atom stereocenters. The van der Waals surface area contributed by atoms with Crippen molar-refractivity contribution in [1.29, 1.82) is 0 Å². The van der Waals surface area contributed by atoms with Crippen LogP contribution in [-0.2, 0) is 11.2 Å². The Morgan fingerprint density at radius 3 is 3.10 bits per heavy atom. The molecule has 0 radical (unpaired) electrons. The fourth-order valence-electron chi connectivity index (χ4n) is 2.40. The summed E-state index contributed by atoms with van der Waals surface area (Å²) in [6.45, 7) is 5.33. The minimum atomic E-state index is -0.227. The van der Waals surface area contributed by atoms with Crippen LogP contribution in [0.2, 0.25) is 0 Å². The summed E-state index contributed by atoms with van der Waals surface area (Å²) >= 11 is 0. The van der Waals surface area contributed by atoms with E-state index in [0.29, 0.717) is 19.8 Å². The lowest BCUT2D eigenvalue weighted by molar-refractivity contribution is -0.00692. The van der Waals surface area contributed by atoms with E-state index in [1.54, 1.807) is 17.2 Å². The first-order valence-corrected chi connectivity index (χ1v) is 7.05. The Labute approximate surface area is 122 Å². The van der Waals surface area contributed by atoms with Crippen LogP contribution in [0.5, 0.6) is 0 Å². The molecule has 3 rings (SSSR count). The first kappa shape index (κ1) is 13.8. The summed E-state index contributed by atoms with van der Waals surface area (Å²) in [4.78, 5) is 21.8. The lowest BCUT2D eigenvalue weighted by atomic mass is 10.2. The molecular formula is C14H18N4O3. The Morgan fingerprint density at radius 1 is 1.57 bits per heavy atom. The Hall–Kier alpha value is -2.15. The van der Waals surface area contributed by atoms with Crippen molar-refractivity contribution in [1.82, 2.24) is 20.0 Å². The van der Waals surface area contributed by atoms with Crippen molar-refractivity contribution in [3.63, 3.8) is 0 Å². The van der Waals surface area contributed by atoms with E-state index < -0.39 is 0 Å². The second-order valence-electron chi connectivity index (χ2n) is 5.08. The Balaban J connectivity index is 1.85. The van der Waals surface area contributed by atoms with Gasteiger partial charge in [-0.3, -0.25) is 4.79 Å². The number of carbonyl (C=O) groups excluding carboxylic acids is 1. The van der Waals surface area contributed by atoms with Crippen molar-refractivity contribution in [2.75, 3.05) is 19.8 Å². The molecule has 7 nitrogen and oxygen atoms in total. The summed E-state index contributed by atoms with van der Waals surface area (Å²) < 4.78 is 10.6. The van der Waals surface area contributed by atoms with E-state index in [9.17, 15) is 4.79 Å². The Kier molecular flexibility index (Phi) is 3.74. The average Bonchev–Trinajstić information content (AvgIpc) is 3.15. The first-order valence-electron chi connectivity index (χ1n) is 7.05. The fourth-order valence-corrected chi connectivity index (χ4v) is 2.40. The van der Waals surface area contributed by atoms with Crippen molar-refractivity contribution >= 4 is 5.91 Å². The maximum absolute atomic E-state index is 12.6. The van der Waals surface area contributed by atoms with Crippen molar-refractivity contribution in [2.24, 2.45) is 0 Å². The molecule has 1 N–H and O–H groups in total. The Bertz CT molecular complexity index is 634. The van der Waals surface area contributed by atoms with Crippen LogP contribution in [-0.4, -0.2) is 45.7 Å². The van der Waals surface area contributed by atoms with E-state index in [4.69, 9.17) is 9.26 Å². The van der Waals surface area contributed by atoms with E-state index >= 15 is 0 Å². The second kappa shape index (κ2) is 5.69. The largest absolute Gasteiger partial charge is 0.377 e. The van der Waals surface area contributed by atoms with Gasteiger partial charge in [0.15, 0.2) is 0 Å². The summed E-state index contributed by atoms with van der Waals surface area (Å²) in [6, 6.07) is 1.47. The molecule has 112 valence electrons. The quantitative estimate of drug-likeness (QED) is 0.925. The van der Waals surface area contributed by atoms with Crippen molar-refractivity contribution in [2.45, 2.75) is 26.3 Å². The number of aryl methyl sites for hydroxylation is 2. The number of ether oxygens (including phenoxy) is 1. The minimum Gasteiger partial charge on any atom is -0.377 e. The van der Waals surface area contributed by atoms with Crippen LogP contribution >= 0.6 is 0 Å². The number of aromatic amines is 1. The highest BCUT2D eigenvalue weighted by Gasteiger charge is 2.33. The number of rotatable bonds is 3. The highest BCUT2D eigenvalue weighted by molar-refractivity contribution is 5.91. The van der Waals surface area contributed by atoms with Gasteiger partial charge in [-0.25, -0.2) is 4.98 Å². The first-order chi connectivity index (χ1) is 10.2. The second-order valence-corrected chi connectivity index (χ2v) is 5.08. The predicted molar refractivity (Wildman–Crippen MR) is 73.8 cm³/mol. The van der Waals surface area contributed by atoms with Crippen LogP contribution in [0.3, 0.4) is 0 Å². The molecule has 1 atom stereocenters. The molecule has 0 aromatic carbocycles. The molecule has 7 heteroatoms. The van der Waals surface area contributed by atoms with Crippen LogP contribution in [0.1, 0.15) is 40.7 Å². The molecule has 0 aliphatic carbocycles. The number of amides is 1. The number of morpholine rings is 1. The molecule has 21 heavy (non-hydrogen) atoms. The van der Waals surface area contributed by atoms with Gasteiger partial charge in [-0.05, 0) is 13.3 Å². The lowest BCUT2D eigenvalue weighted by Crippen LogP contribution is -2.43. The number of aromatic nitrogens is 3. The topological polar surface area (TPSA) is 84.3 Å². The molecular weight excluding hydrogens is 272 g/mol. The van der Waals surface area contributed by atoms with E-state index in [1.807, 2.05) is 13.8 Å². The summed E-state index contributed by atoms with van der Waals surface area (Å²) in [7, 11) is 0. The maximum Gasteiger partial charge on any atom is 0.293 e. The van der Waals surface area contributed by atoms with Gasteiger partial charge >= 0.3 is 0 Å². The molecule has 2 aromatic rings. The molecule has 1 saturated heterocycles. The molecule has 1 aliphatic rings. The van der Waals surface area contributed by atoms with Crippen LogP contribution < -0.4 is 0 Å². The number of hydrogen-bond donors (Lipinski definition) is 1. The Morgan fingerprint density at radius 2 is 2.43 bits per heavy atom. The number of hydrogen-bond acceptors (Lipinski definition) is 5. The third-order valence-corrected chi connectivity index (χ3v) is 3.56. The van der Waals surface area contributed by atoms with Gasteiger partial charge in [0.1, 0.15) is 11.9 Å². The molecule has 2 aromatic heterocycles. The summed E-state index contributed by atoms with van der Waals surface area (Å²) in [5, 5.41) is 3.88. The van der Waals surface area contributed by atoms with Gasteiger partial charge in [-0.1, -0.05) is 12.1 Å². The van der Waals surface area contributed by atoms with E-state index in [-0.39, 0.29) is 17.7 Å². The standard InChI is InChI=1S/C14H18N4O3/c1-3-10-6-12(21-17-10)14(19)18-4-5-20-8-11(18)13-15-7-9(2)16-13/h6-7,11H,3-5,8H2,1-2H3,(H,15,16). The SMILES string of the molecule is CCc1cc(C(=O)N2CCOCC2c2ncc(C)[nH]2)on1. The number of carbonyl (C=O) groups is 1. The number of imidazole rings is 1. The van der Waals surface area contributed by atoms with Crippen molar-refractivity contribution in [3.8, 4) is 0 Å². The summed E-state index contributed by atoms with van der Waals surface area (Å²) in [5.74, 6) is 0.822. The molecule has 1 fully saturated rings. The number of H-pyrrole nitrogens is 1. The number of nitrogens with one attached hydrogen (secondary N) is 1. The van der Waals surface area contributed by atoms with Crippen LogP contribution in [0.4, 0.5) is 0 Å². The third kappa shape index (κ3) is 2.69. The summed E-state index contributed by atoms with van der Waals surface area (Å²) in [5.41, 5.74) is 1.73. The van der Waals surface area contributed by atoms with E-state index in [2.05, 4.69) is 15.1 Å². The average molecular weight is 290 g/mol. The molecule has 0 bridgehead atoms. The van der Waals surface area contributed by atoms with Gasteiger partial charge in [0, 0.05) is 24.5 Å². The van der Waals surface area contributed by atoms with Crippen molar-refractivity contribution in [3.05, 3.63) is 35.2 Å². The molecule has 0 saturated carbocycles. The van der Waals surface area contributed by atoms with Gasteiger partial charge in [0.25, 0.3) is 5.91 Å². The van der Waals surface area contributed by atoms with Gasteiger partial charge < -0.3 is 19.1 Å². The smallest absolute Gasteiger partial charge is 0.293 e. The van der Waals surface area contributed by atoms with Gasteiger partial charge in [0.2, 0.25) is 5.76 Å². The summed E-state index contributed by atoms with van der Waals surface area (Å²) in [6.07, 6.45) is 2.48. The maximum atomic E-state index is 12.6. The molecule has 3 heterocycles. The monoisotopic (exact) mass is 290 g/mol. The van der Waals surface area contributed by atoms with Gasteiger partial charge in [-0.2, -0.15) is 0 Å². The fraction of sp³-hybridized carbons (Fsp3) is 0.500. The van der Waals surface area contributed by atoms with Gasteiger partial charge in [0.05, 0.1) is 18.9 Å². The zero-order chi connectivity index (χ0) is 14.8. The van der Waals surface area contributed by atoms with Crippen molar-refractivity contribution < 1.29 is 14.1 Å². The molecule has 1 amide bonds. The zero-order valence-corrected chi connectivity index (χ0v) is 12.1. The number of nitrogens with zero attached hydrogens (tertiary/aromatic N) is 3. The lowest BCUT2D eigenvalue weighted by Gasteiger charge is -2.33. The normalized spacial score (nSPS) is 19.0. The minimum absolute atomic E-state index is 0.176. The predicted octanol–water partition coefficient (Wildman–Crippen LogP) is 1.48. The highest BCUT2D eigenvalue weighted by atomic mass is 16.5. The van der Waals surface area contributed by atoms with Crippen LogP contribution in [0.15, 0.2) is 16.8 Å².